The van der Waals surface area contributed by atoms with E-state index in [2.05, 4.69) is 0 Å². The topological polar surface area (TPSA) is 57.7 Å². The van der Waals surface area contributed by atoms with E-state index in [1.54, 1.807) is 29.2 Å². The normalized spacial score (nSPS) is 14.9. The van der Waals surface area contributed by atoms with Gasteiger partial charge in [0.05, 0.1) is 24.1 Å². The highest BCUT2D eigenvalue weighted by Crippen LogP contribution is 2.29. The molecule has 1 saturated carbocycles. The Labute approximate surface area is 161 Å². The van der Waals surface area contributed by atoms with E-state index in [-0.39, 0.29) is 18.5 Å². The molecule has 2 aromatic rings. The van der Waals surface area contributed by atoms with Gasteiger partial charge >= 0.3 is 0 Å². The summed E-state index contributed by atoms with van der Waals surface area (Å²) in [6, 6.07) is 16.6. The molecule has 0 N–H and O–H groups in total. The molecule has 0 bridgehead atoms. The predicted octanol–water partition coefficient (Wildman–Crippen LogP) is 3.67. The van der Waals surface area contributed by atoms with E-state index in [9.17, 15) is 13.2 Å². The summed E-state index contributed by atoms with van der Waals surface area (Å²) in [5, 5.41) is 0. The highest BCUT2D eigenvalue weighted by molar-refractivity contribution is 7.92. The average molecular weight is 387 g/mol. The molecule has 0 atom stereocenters. The Morgan fingerprint density at radius 2 is 1.59 bits per heavy atom. The number of carbonyl (C=O) groups is 1. The Kier molecular flexibility index (Phi) is 5.85. The summed E-state index contributed by atoms with van der Waals surface area (Å²) >= 11 is 0. The summed E-state index contributed by atoms with van der Waals surface area (Å²) < 4.78 is 26.4. The molecular formula is C21H26N2O3S. The van der Waals surface area contributed by atoms with Crippen LogP contribution in [0.15, 0.2) is 54.6 Å². The monoisotopic (exact) mass is 386 g/mol. The minimum absolute atomic E-state index is 0.126. The minimum atomic E-state index is -3.55. The van der Waals surface area contributed by atoms with Crippen molar-refractivity contribution in [1.82, 2.24) is 4.90 Å². The molecular weight excluding hydrogens is 360 g/mol. The Balaban J connectivity index is 1.97. The number of hydrogen-bond donors (Lipinski definition) is 0. The second kappa shape index (κ2) is 8.13. The van der Waals surface area contributed by atoms with Gasteiger partial charge in [0, 0.05) is 13.1 Å². The van der Waals surface area contributed by atoms with Crippen LogP contribution in [0.5, 0.6) is 0 Å². The van der Waals surface area contributed by atoms with Crippen LogP contribution in [-0.2, 0) is 16.6 Å². The zero-order chi connectivity index (χ0) is 19.4. The molecule has 2 aromatic carbocycles. The Hall–Kier alpha value is -2.34. The van der Waals surface area contributed by atoms with Crippen molar-refractivity contribution in [2.24, 2.45) is 0 Å². The third-order valence-electron chi connectivity index (χ3n) is 5.17. The molecule has 0 aliphatic heterocycles. The number of hydrogen-bond acceptors (Lipinski definition) is 3. The third kappa shape index (κ3) is 4.50. The van der Waals surface area contributed by atoms with Crippen molar-refractivity contribution < 1.29 is 13.2 Å². The van der Waals surface area contributed by atoms with Crippen LogP contribution in [0.1, 0.15) is 41.6 Å². The van der Waals surface area contributed by atoms with E-state index in [0.29, 0.717) is 11.3 Å². The summed E-state index contributed by atoms with van der Waals surface area (Å²) in [4.78, 5) is 14.9. The molecule has 144 valence electrons. The van der Waals surface area contributed by atoms with Crippen LogP contribution in [-0.4, -0.2) is 38.6 Å². The van der Waals surface area contributed by atoms with Gasteiger partial charge in [-0.05, 0) is 30.5 Å². The first-order valence-electron chi connectivity index (χ1n) is 9.26. The fourth-order valence-corrected chi connectivity index (χ4v) is 4.55. The average Bonchev–Trinajstić information content (AvgIpc) is 3.20. The molecule has 27 heavy (non-hydrogen) atoms. The highest BCUT2D eigenvalue weighted by Gasteiger charge is 2.28. The standard InChI is InChI=1S/C21H26N2O3S/c1-22(18-12-6-7-13-18)21(24)19-14-8-9-15-20(19)23(27(2,25)26)16-17-10-4-3-5-11-17/h3-5,8-11,14-15,18H,6-7,12-13,16H2,1-2H3. The van der Waals surface area contributed by atoms with Gasteiger partial charge in [-0.15, -0.1) is 0 Å². The lowest BCUT2D eigenvalue weighted by Crippen LogP contribution is -2.37. The summed E-state index contributed by atoms with van der Waals surface area (Å²) in [7, 11) is -1.74. The first kappa shape index (κ1) is 19.4. The SMILES string of the molecule is CN(C(=O)c1ccccc1N(Cc1ccccc1)S(C)(=O)=O)C1CCCC1. The second-order valence-electron chi connectivity index (χ2n) is 7.13. The van der Waals surface area contributed by atoms with Crippen molar-refractivity contribution in [3.05, 3.63) is 65.7 Å². The van der Waals surface area contributed by atoms with Crippen LogP contribution in [0.3, 0.4) is 0 Å². The number of nitrogens with zero attached hydrogens (tertiary/aromatic N) is 2. The van der Waals surface area contributed by atoms with E-state index in [1.807, 2.05) is 37.4 Å². The van der Waals surface area contributed by atoms with Crippen molar-refractivity contribution in [2.75, 3.05) is 17.6 Å². The zero-order valence-electron chi connectivity index (χ0n) is 15.8. The first-order chi connectivity index (χ1) is 12.9. The van der Waals surface area contributed by atoms with Crippen LogP contribution in [0.4, 0.5) is 5.69 Å². The van der Waals surface area contributed by atoms with Crippen molar-refractivity contribution >= 4 is 21.6 Å². The van der Waals surface area contributed by atoms with E-state index < -0.39 is 10.0 Å². The zero-order valence-corrected chi connectivity index (χ0v) is 16.7. The van der Waals surface area contributed by atoms with E-state index in [4.69, 9.17) is 0 Å². The van der Waals surface area contributed by atoms with E-state index >= 15 is 0 Å². The number of rotatable bonds is 6. The molecule has 6 heteroatoms. The Morgan fingerprint density at radius 3 is 2.22 bits per heavy atom. The molecule has 1 amide bonds. The van der Waals surface area contributed by atoms with Gasteiger partial charge in [-0.3, -0.25) is 9.10 Å². The Bertz CT molecular complexity index is 891. The van der Waals surface area contributed by atoms with Crippen molar-refractivity contribution in [3.63, 3.8) is 0 Å². The van der Waals surface area contributed by atoms with Gasteiger partial charge in [0.2, 0.25) is 10.0 Å². The van der Waals surface area contributed by atoms with E-state index in [1.165, 1.54) is 10.6 Å². The van der Waals surface area contributed by atoms with E-state index in [0.717, 1.165) is 31.2 Å². The number of para-hydroxylation sites is 1. The summed E-state index contributed by atoms with van der Waals surface area (Å²) in [5.41, 5.74) is 1.72. The van der Waals surface area contributed by atoms with Gasteiger partial charge in [-0.1, -0.05) is 55.3 Å². The third-order valence-corrected chi connectivity index (χ3v) is 6.29. The maximum Gasteiger partial charge on any atom is 0.255 e. The molecule has 3 rings (SSSR count). The van der Waals surface area contributed by atoms with Gasteiger partial charge in [0.1, 0.15) is 0 Å². The molecule has 5 nitrogen and oxygen atoms in total. The molecule has 0 spiro atoms. The van der Waals surface area contributed by atoms with Crippen LogP contribution in [0, 0.1) is 0 Å². The minimum Gasteiger partial charge on any atom is -0.339 e. The van der Waals surface area contributed by atoms with Gasteiger partial charge in [-0.2, -0.15) is 0 Å². The van der Waals surface area contributed by atoms with Crippen molar-refractivity contribution in [3.8, 4) is 0 Å². The number of carbonyl (C=O) groups excluding carboxylic acids is 1. The van der Waals surface area contributed by atoms with Crippen LogP contribution in [0.25, 0.3) is 0 Å². The largest absolute Gasteiger partial charge is 0.339 e. The summed E-state index contributed by atoms with van der Waals surface area (Å²) in [6.45, 7) is 0.192. The quantitative estimate of drug-likeness (QED) is 0.761. The maximum absolute atomic E-state index is 13.1. The lowest BCUT2D eigenvalue weighted by molar-refractivity contribution is 0.0736. The summed E-state index contributed by atoms with van der Waals surface area (Å²) in [6.07, 6.45) is 5.45. The smallest absolute Gasteiger partial charge is 0.255 e. The molecule has 0 aromatic heterocycles. The van der Waals surface area contributed by atoms with Crippen LogP contribution < -0.4 is 4.31 Å². The number of amides is 1. The first-order valence-corrected chi connectivity index (χ1v) is 11.1. The summed E-state index contributed by atoms with van der Waals surface area (Å²) in [5.74, 6) is -0.126. The number of anilines is 1. The molecule has 0 heterocycles. The second-order valence-corrected chi connectivity index (χ2v) is 9.03. The fraction of sp³-hybridized carbons (Fsp3) is 0.381. The molecule has 0 saturated heterocycles. The van der Waals surface area contributed by atoms with Crippen LogP contribution in [0.2, 0.25) is 0 Å². The highest BCUT2D eigenvalue weighted by atomic mass is 32.2. The molecule has 1 aliphatic carbocycles. The van der Waals surface area contributed by atoms with Gasteiger partial charge in [-0.25, -0.2) is 8.42 Å². The van der Waals surface area contributed by atoms with Crippen molar-refractivity contribution in [1.29, 1.82) is 0 Å². The maximum atomic E-state index is 13.1. The molecule has 0 radical (unpaired) electrons. The molecule has 0 unspecified atom stereocenters. The molecule has 1 aliphatic rings. The Morgan fingerprint density at radius 1 is 1.00 bits per heavy atom. The van der Waals surface area contributed by atoms with Gasteiger partial charge in [0.15, 0.2) is 0 Å². The van der Waals surface area contributed by atoms with Gasteiger partial charge in [0.25, 0.3) is 5.91 Å². The number of sulfonamides is 1. The lowest BCUT2D eigenvalue weighted by Gasteiger charge is -2.28. The predicted molar refractivity (Wildman–Crippen MR) is 108 cm³/mol. The fourth-order valence-electron chi connectivity index (χ4n) is 3.65. The molecule has 1 fully saturated rings. The number of benzene rings is 2. The van der Waals surface area contributed by atoms with Crippen molar-refractivity contribution in [2.45, 2.75) is 38.3 Å². The van der Waals surface area contributed by atoms with Gasteiger partial charge < -0.3 is 4.90 Å². The van der Waals surface area contributed by atoms with Crippen LogP contribution >= 0.6 is 0 Å². The lowest BCUT2D eigenvalue weighted by atomic mass is 10.1.